The summed E-state index contributed by atoms with van der Waals surface area (Å²) in [5.74, 6) is 0.641. The van der Waals surface area contributed by atoms with Gasteiger partial charge in [-0.15, -0.1) is 0 Å². The topological polar surface area (TPSA) is 81.9 Å². The minimum atomic E-state index is 0.0571. The Morgan fingerprint density at radius 3 is 2.65 bits per heavy atom. The molecule has 2 N–H and O–H groups in total. The molecule has 0 aliphatic carbocycles. The molecule has 2 rings (SSSR count). The van der Waals surface area contributed by atoms with E-state index in [0.717, 1.165) is 6.42 Å². The second kappa shape index (κ2) is 8.53. The molecule has 1 aromatic carbocycles. The van der Waals surface area contributed by atoms with Crippen molar-refractivity contribution in [3.63, 3.8) is 0 Å². The van der Waals surface area contributed by atoms with Crippen molar-refractivity contribution in [1.29, 1.82) is 0 Å². The van der Waals surface area contributed by atoms with Crippen LogP contribution in [0, 0.1) is 0 Å². The van der Waals surface area contributed by atoms with Crippen LogP contribution in [-0.2, 0) is 9.53 Å². The van der Waals surface area contributed by atoms with Gasteiger partial charge in [0.25, 0.3) is 0 Å². The lowest BCUT2D eigenvalue weighted by Crippen LogP contribution is -2.41. The van der Waals surface area contributed by atoms with Crippen molar-refractivity contribution < 1.29 is 19.1 Å². The fraction of sp³-hybridized carbons (Fsp3) is 0.529. The SMILES string of the molecule is CCCC(=O)c1ccc(OCCC(=O)N2CCOCC2)c(N)c1. The van der Waals surface area contributed by atoms with Gasteiger partial charge in [0.1, 0.15) is 5.75 Å². The fourth-order valence-corrected chi connectivity index (χ4v) is 2.44. The van der Waals surface area contributed by atoms with Gasteiger partial charge < -0.3 is 20.1 Å². The molecule has 1 saturated heterocycles. The van der Waals surface area contributed by atoms with Gasteiger partial charge >= 0.3 is 0 Å². The Labute approximate surface area is 136 Å². The molecule has 126 valence electrons. The Morgan fingerprint density at radius 1 is 1.26 bits per heavy atom. The second-order valence-electron chi connectivity index (χ2n) is 5.52. The van der Waals surface area contributed by atoms with Crippen LogP contribution in [0.5, 0.6) is 5.75 Å². The summed E-state index contributed by atoms with van der Waals surface area (Å²) < 4.78 is 10.8. The predicted molar refractivity (Wildman–Crippen MR) is 87.6 cm³/mol. The molecular weight excluding hydrogens is 296 g/mol. The van der Waals surface area contributed by atoms with Crippen molar-refractivity contribution in [2.45, 2.75) is 26.2 Å². The standard InChI is InChI=1S/C17H24N2O4/c1-2-3-15(20)13-4-5-16(14(18)12-13)23-9-6-17(21)19-7-10-22-11-8-19/h4-5,12H,2-3,6-11,18H2,1H3. The maximum Gasteiger partial charge on any atom is 0.226 e. The summed E-state index contributed by atoms with van der Waals surface area (Å²) in [6.45, 7) is 4.68. The first-order valence-electron chi connectivity index (χ1n) is 8.03. The second-order valence-corrected chi connectivity index (χ2v) is 5.52. The van der Waals surface area contributed by atoms with Gasteiger partial charge in [-0.1, -0.05) is 6.92 Å². The Kier molecular flexibility index (Phi) is 6.40. The van der Waals surface area contributed by atoms with Gasteiger partial charge in [-0.25, -0.2) is 0 Å². The Balaban J connectivity index is 1.83. The van der Waals surface area contributed by atoms with Gasteiger partial charge in [-0.05, 0) is 24.6 Å². The van der Waals surface area contributed by atoms with Crippen molar-refractivity contribution in [2.75, 3.05) is 38.6 Å². The number of anilines is 1. The molecule has 6 nitrogen and oxygen atoms in total. The van der Waals surface area contributed by atoms with Crippen molar-refractivity contribution >= 4 is 17.4 Å². The molecule has 1 fully saturated rings. The van der Waals surface area contributed by atoms with Gasteiger partial charge in [-0.2, -0.15) is 0 Å². The third-order valence-corrected chi connectivity index (χ3v) is 3.75. The summed E-state index contributed by atoms with van der Waals surface area (Å²) in [5, 5.41) is 0. The van der Waals surface area contributed by atoms with Crippen molar-refractivity contribution in [3.8, 4) is 5.75 Å². The molecule has 1 aromatic rings. The van der Waals surface area contributed by atoms with E-state index in [0.29, 0.717) is 56.1 Å². The molecule has 0 atom stereocenters. The smallest absolute Gasteiger partial charge is 0.226 e. The van der Waals surface area contributed by atoms with Gasteiger partial charge in [0.05, 0.1) is 31.9 Å². The monoisotopic (exact) mass is 320 g/mol. The molecule has 0 aromatic heterocycles. The quantitative estimate of drug-likeness (QED) is 0.613. The van der Waals surface area contributed by atoms with Crippen LogP contribution in [0.2, 0.25) is 0 Å². The molecular formula is C17H24N2O4. The van der Waals surface area contributed by atoms with E-state index in [1.807, 2.05) is 6.92 Å². The number of ether oxygens (including phenoxy) is 2. The zero-order valence-corrected chi connectivity index (χ0v) is 13.5. The number of carbonyl (C=O) groups is 2. The summed E-state index contributed by atoms with van der Waals surface area (Å²) in [4.78, 5) is 25.6. The molecule has 0 radical (unpaired) electrons. The van der Waals surface area contributed by atoms with Crippen LogP contribution in [0.25, 0.3) is 0 Å². The summed E-state index contributed by atoms with van der Waals surface area (Å²) in [5.41, 5.74) is 6.95. The van der Waals surface area contributed by atoms with Gasteiger partial charge in [-0.3, -0.25) is 9.59 Å². The zero-order valence-electron chi connectivity index (χ0n) is 13.5. The largest absolute Gasteiger partial charge is 0.491 e. The molecule has 0 unspecified atom stereocenters. The van der Waals surface area contributed by atoms with Crippen LogP contribution in [0.15, 0.2) is 18.2 Å². The van der Waals surface area contributed by atoms with E-state index in [1.165, 1.54) is 0 Å². The van der Waals surface area contributed by atoms with E-state index in [-0.39, 0.29) is 18.3 Å². The molecule has 1 aliphatic heterocycles. The van der Waals surface area contributed by atoms with E-state index in [2.05, 4.69) is 0 Å². The summed E-state index contributed by atoms with van der Waals surface area (Å²) in [6, 6.07) is 5.04. The maximum absolute atomic E-state index is 12.0. The highest BCUT2D eigenvalue weighted by Crippen LogP contribution is 2.23. The number of ketones is 1. The van der Waals surface area contributed by atoms with E-state index < -0.39 is 0 Å². The molecule has 1 heterocycles. The summed E-state index contributed by atoms with van der Waals surface area (Å²) >= 11 is 0. The summed E-state index contributed by atoms with van der Waals surface area (Å²) in [7, 11) is 0. The molecule has 0 spiro atoms. The number of carbonyl (C=O) groups excluding carboxylic acids is 2. The predicted octanol–water partition coefficient (Wildman–Crippen LogP) is 1.88. The Hall–Kier alpha value is -2.08. The van der Waals surface area contributed by atoms with Crippen LogP contribution in [0.3, 0.4) is 0 Å². The van der Waals surface area contributed by atoms with E-state index in [1.54, 1.807) is 23.1 Å². The lowest BCUT2D eigenvalue weighted by molar-refractivity contribution is -0.135. The number of benzene rings is 1. The zero-order chi connectivity index (χ0) is 16.7. The number of nitrogen functional groups attached to an aromatic ring is 1. The van der Waals surface area contributed by atoms with Crippen molar-refractivity contribution in [3.05, 3.63) is 23.8 Å². The normalized spacial score (nSPS) is 14.6. The number of rotatable bonds is 7. The minimum Gasteiger partial charge on any atom is -0.491 e. The average Bonchev–Trinajstić information content (AvgIpc) is 2.57. The number of morpholine rings is 1. The van der Waals surface area contributed by atoms with Gasteiger partial charge in [0.2, 0.25) is 5.91 Å². The number of nitrogens with two attached hydrogens (primary N) is 1. The first-order chi connectivity index (χ1) is 11.1. The molecule has 1 amide bonds. The van der Waals surface area contributed by atoms with Crippen LogP contribution in [0.1, 0.15) is 36.5 Å². The minimum absolute atomic E-state index is 0.0571. The number of hydrogen-bond acceptors (Lipinski definition) is 5. The molecule has 1 aliphatic rings. The number of amides is 1. The van der Waals surface area contributed by atoms with E-state index in [4.69, 9.17) is 15.2 Å². The summed E-state index contributed by atoms with van der Waals surface area (Å²) in [6.07, 6.45) is 1.62. The number of nitrogens with zero attached hydrogens (tertiary/aromatic N) is 1. The van der Waals surface area contributed by atoms with Crippen LogP contribution in [-0.4, -0.2) is 49.5 Å². The van der Waals surface area contributed by atoms with Crippen molar-refractivity contribution in [1.82, 2.24) is 4.90 Å². The van der Waals surface area contributed by atoms with E-state index in [9.17, 15) is 9.59 Å². The molecule has 6 heteroatoms. The number of hydrogen-bond donors (Lipinski definition) is 1. The fourth-order valence-electron chi connectivity index (χ4n) is 2.44. The van der Waals surface area contributed by atoms with E-state index >= 15 is 0 Å². The first kappa shape index (κ1) is 17.3. The van der Waals surface area contributed by atoms with Crippen molar-refractivity contribution in [2.24, 2.45) is 0 Å². The highest BCUT2D eigenvalue weighted by atomic mass is 16.5. The Morgan fingerprint density at radius 2 is 2.00 bits per heavy atom. The lowest BCUT2D eigenvalue weighted by Gasteiger charge is -2.26. The third-order valence-electron chi connectivity index (χ3n) is 3.75. The highest BCUT2D eigenvalue weighted by molar-refractivity contribution is 5.97. The molecule has 23 heavy (non-hydrogen) atoms. The maximum atomic E-state index is 12.0. The third kappa shape index (κ3) is 4.96. The molecule has 0 saturated carbocycles. The highest BCUT2D eigenvalue weighted by Gasteiger charge is 2.16. The van der Waals surface area contributed by atoms with Gasteiger partial charge in [0, 0.05) is 25.1 Å². The number of Topliss-reactive ketones (excluding diaryl/α,β-unsaturated/α-hetero) is 1. The van der Waals surface area contributed by atoms with Crippen LogP contribution >= 0.6 is 0 Å². The first-order valence-corrected chi connectivity index (χ1v) is 8.03. The van der Waals surface area contributed by atoms with Crippen LogP contribution in [0.4, 0.5) is 5.69 Å². The molecule has 0 bridgehead atoms. The van der Waals surface area contributed by atoms with Crippen LogP contribution < -0.4 is 10.5 Å². The average molecular weight is 320 g/mol. The lowest BCUT2D eigenvalue weighted by atomic mass is 10.1. The van der Waals surface area contributed by atoms with Gasteiger partial charge in [0.15, 0.2) is 5.78 Å². The Bertz CT molecular complexity index is 554.